The number of aryl methyl sites for hydroxylation is 1. The Kier molecular flexibility index (Phi) is 3.48. The summed E-state index contributed by atoms with van der Waals surface area (Å²) in [4.78, 5) is 0.260. The number of nitrogens with one attached hydrogen (secondary N) is 1. The van der Waals surface area contributed by atoms with Crippen LogP contribution in [0.15, 0.2) is 29.2 Å². The molecule has 5 heteroatoms. The molecule has 2 saturated carbocycles. The first kappa shape index (κ1) is 16.0. The van der Waals surface area contributed by atoms with Crippen molar-refractivity contribution in [2.75, 3.05) is 0 Å². The highest BCUT2D eigenvalue weighted by atomic mass is 32.2. The predicted octanol–water partition coefficient (Wildman–Crippen LogP) is 2.46. The number of sulfonamides is 1. The summed E-state index contributed by atoms with van der Waals surface area (Å²) >= 11 is 0. The fraction of sp³-hybridized carbons (Fsp3) is 0.647. The summed E-state index contributed by atoms with van der Waals surface area (Å²) in [5, 5.41) is 10.7. The Morgan fingerprint density at radius 1 is 1.18 bits per heavy atom. The molecule has 2 aliphatic rings. The van der Waals surface area contributed by atoms with Gasteiger partial charge in [0, 0.05) is 5.41 Å². The van der Waals surface area contributed by atoms with Crippen LogP contribution in [0.2, 0.25) is 0 Å². The smallest absolute Gasteiger partial charge is 0.240 e. The maximum atomic E-state index is 12.6. The van der Waals surface area contributed by atoms with Gasteiger partial charge in [-0.1, -0.05) is 38.5 Å². The minimum atomic E-state index is -3.60. The van der Waals surface area contributed by atoms with Crippen LogP contribution >= 0.6 is 0 Å². The van der Waals surface area contributed by atoms with Gasteiger partial charge < -0.3 is 5.11 Å². The molecule has 22 heavy (non-hydrogen) atoms. The van der Waals surface area contributed by atoms with E-state index in [1.165, 1.54) is 0 Å². The molecule has 0 aromatic heterocycles. The van der Waals surface area contributed by atoms with E-state index in [2.05, 4.69) is 25.5 Å². The van der Waals surface area contributed by atoms with Gasteiger partial charge in [0.1, 0.15) is 0 Å². The van der Waals surface area contributed by atoms with Gasteiger partial charge in [-0.15, -0.1) is 0 Å². The van der Waals surface area contributed by atoms with Crippen molar-refractivity contribution in [2.24, 2.45) is 16.7 Å². The largest absolute Gasteiger partial charge is 0.391 e. The molecule has 1 aromatic carbocycles. The number of fused-ring (bicyclic) bond motifs is 2. The van der Waals surface area contributed by atoms with Crippen molar-refractivity contribution in [1.82, 2.24) is 4.72 Å². The van der Waals surface area contributed by atoms with Crippen LogP contribution in [-0.4, -0.2) is 25.7 Å². The van der Waals surface area contributed by atoms with Crippen molar-refractivity contribution >= 4 is 10.0 Å². The van der Waals surface area contributed by atoms with Crippen molar-refractivity contribution < 1.29 is 13.5 Å². The van der Waals surface area contributed by atoms with Gasteiger partial charge >= 0.3 is 0 Å². The molecule has 2 unspecified atom stereocenters. The summed E-state index contributed by atoms with van der Waals surface area (Å²) in [6.07, 6.45) is 1.28. The second-order valence-corrected chi connectivity index (χ2v) is 9.40. The first-order chi connectivity index (χ1) is 10.1. The molecule has 0 spiro atoms. The van der Waals surface area contributed by atoms with Gasteiger partial charge in [-0.2, -0.15) is 0 Å². The minimum Gasteiger partial charge on any atom is -0.391 e. The number of aliphatic hydroxyl groups is 1. The summed E-state index contributed by atoms with van der Waals surface area (Å²) in [5.74, 6) is 0.174. The third-order valence-electron chi connectivity index (χ3n) is 6.42. The number of benzene rings is 1. The molecule has 4 atom stereocenters. The first-order valence-electron chi connectivity index (χ1n) is 7.87. The zero-order chi connectivity index (χ0) is 16.3. The van der Waals surface area contributed by atoms with Crippen molar-refractivity contribution in [2.45, 2.75) is 57.6 Å². The Bertz CT molecular complexity index is 680. The number of hydrogen-bond donors (Lipinski definition) is 2. The van der Waals surface area contributed by atoms with Crippen LogP contribution in [0.3, 0.4) is 0 Å². The average Bonchev–Trinajstić information content (AvgIpc) is 2.73. The molecule has 0 radical (unpaired) electrons. The molecule has 3 rings (SSSR count). The second-order valence-electron chi connectivity index (χ2n) is 7.69. The normalized spacial score (nSPS) is 36.7. The molecule has 2 N–H and O–H groups in total. The van der Waals surface area contributed by atoms with Gasteiger partial charge in [0.15, 0.2) is 0 Å². The van der Waals surface area contributed by atoms with Gasteiger partial charge in [-0.25, -0.2) is 13.1 Å². The molecule has 2 fully saturated rings. The van der Waals surface area contributed by atoms with E-state index in [4.69, 9.17) is 0 Å². The van der Waals surface area contributed by atoms with Crippen LogP contribution in [0.5, 0.6) is 0 Å². The summed E-state index contributed by atoms with van der Waals surface area (Å²) in [6.45, 7) is 8.30. The van der Waals surface area contributed by atoms with E-state index >= 15 is 0 Å². The summed E-state index contributed by atoms with van der Waals surface area (Å²) < 4.78 is 28.0. The van der Waals surface area contributed by atoms with Crippen LogP contribution in [-0.2, 0) is 10.0 Å². The fourth-order valence-corrected chi connectivity index (χ4v) is 5.73. The van der Waals surface area contributed by atoms with Crippen molar-refractivity contribution in [3.05, 3.63) is 29.8 Å². The topological polar surface area (TPSA) is 66.4 Å². The van der Waals surface area contributed by atoms with E-state index < -0.39 is 22.2 Å². The maximum absolute atomic E-state index is 12.6. The van der Waals surface area contributed by atoms with Crippen LogP contribution in [0.4, 0.5) is 0 Å². The van der Waals surface area contributed by atoms with Gasteiger partial charge in [0.05, 0.1) is 17.0 Å². The van der Waals surface area contributed by atoms with E-state index in [9.17, 15) is 13.5 Å². The molecule has 0 heterocycles. The van der Waals surface area contributed by atoms with E-state index in [0.29, 0.717) is 0 Å². The van der Waals surface area contributed by atoms with Crippen LogP contribution in [0.1, 0.15) is 39.2 Å². The van der Waals surface area contributed by atoms with Crippen molar-refractivity contribution in [1.29, 1.82) is 0 Å². The Morgan fingerprint density at radius 2 is 1.77 bits per heavy atom. The summed E-state index contributed by atoms with van der Waals surface area (Å²) in [7, 11) is -3.60. The van der Waals surface area contributed by atoms with E-state index in [1.54, 1.807) is 24.3 Å². The SMILES string of the molecule is Cc1ccc(S(=O)(=O)NC2C(O)[C@@]3(C)CC[C@@H]2C3(C)C)cc1. The monoisotopic (exact) mass is 323 g/mol. The number of aliphatic hydroxyl groups excluding tert-OH is 1. The zero-order valence-corrected chi connectivity index (χ0v) is 14.4. The lowest BCUT2D eigenvalue weighted by atomic mass is 9.70. The lowest BCUT2D eigenvalue weighted by molar-refractivity contribution is 0.00348. The highest BCUT2D eigenvalue weighted by molar-refractivity contribution is 7.89. The molecule has 2 bridgehead atoms. The number of hydrogen-bond acceptors (Lipinski definition) is 3. The molecule has 0 saturated heterocycles. The second kappa shape index (κ2) is 4.79. The van der Waals surface area contributed by atoms with Gasteiger partial charge in [-0.3, -0.25) is 0 Å². The Morgan fingerprint density at radius 3 is 2.27 bits per heavy atom. The molecule has 122 valence electrons. The molecule has 4 nitrogen and oxygen atoms in total. The first-order valence-corrected chi connectivity index (χ1v) is 9.35. The summed E-state index contributed by atoms with van der Waals surface area (Å²) in [5.41, 5.74) is 0.734. The maximum Gasteiger partial charge on any atom is 0.240 e. The standard InChI is InChI=1S/C17H25NO3S/c1-11-5-7-12(8-6-11)22(20,21)18-14-13-9-10-17(4,15(14)19)16(13,2)3/h5-8,13-15,18-19H,9-10H2,1-4H3/t13-,14?,15?,17+/m0/s1. The fourth-order valence-electron chi connectivity index (χ4n) is 4.45. The number of rotatable bonds is 3. The molecule has 0 amide bonds. The van der Waals surface area contributed by atoms with E-state index in [1.807, 2.05) is 6.92 Å². The molecule has 1 aromatic rings. The van der Waals surface area contributed by atoms with Gasteiger partial charge in [0.2, 0.25) is 10.0 Å². The molecular weight excluding hydrogens is 298 g/mol. The van der Waals surface area contributed by atoms with Gasteiger partial charge in [-0.05, 0) is 43.2 Å². The third-order valence-corrected chi connectivity index (χ3v) is 7.90. The highest BCUT2D eigenvalue weighted by Gasteiger charge is 2.66. The zero-order valence-electron chi connectivity index (χ0n) is 13.6. The Labute approximate surface area is 133 Å². The molecular formula is C17H25NO3S. The quantitative estimate of drug-likeness (QED) is 0.898. The summed E-state index contributed by atoms with van der Waals surface area (Å²) in [6, 6.07) is 6.41. The van der Waals surface area contributed by atoms with Crippen molar-refractivity contribution in [3.63, 3.8) is 0 Å². The lowest BCUT2D eigenvalue weighted by Gasteiger charge is -2.37. The minimum absolute atomic E-state index is 0.0626. The third kappa shape index (κ3) is 2.06. The van der Waals surface area contributed by atoms with E-state index in [-0.39, 0.29) is 21.6 Å². The molecule has 0 aliphatic heterocycles. The van der Waals surface area contributed by atoms with Crippen molar-refractivity contribution in [3.8, 4) is 0 Å². The predicted molar refractivity (Wildman–Crippen MR) is 85.9 cm³/mol. The molecule has 2 aliphatic carbocycles. The highest BCUT2D eigenvalue weighted by Crippen LogP contribution is 2.65. The lowest BCUT2D eigenvalue weighted by Crippen LogP contribution is -2.49. The van der Waals surface area contributed by atoms with Crippen LogP contribution in [0.25, 0.3) is 0 Å². The Balaban J connectivity index is 1.89. The Hall–Kier alpha value is -0.910. The van der Waals surface area contributed by atoms with Gasteiger partial charge in [0.25, 0.3) is 0 Å². The average molecular weight is 323 g/mol. The van der Waals surface area contributed by atoms with Crippen LogP contribution < -0.4 is 4.72 Å². The van der Waals surface area contributed by atoms with E-state index in [0.717, 1.165) is 18.4 Å². The van der Waals surface area contributed by atoms with Crippen LogP contribution in [0, 0.1) is 23.7 Å².